The molecule has 1 aromatic carbocycles. The lowest BCUT2D eigenvalue weighted by Gasteiger charge is -2.11. The number of hydrogen-bond acceptors (Lipinski definition) is 5. The van der Waals surface area contributed by atoms with E-state index in [-0.39, 0.29) is 17.0 Å². The summed E-state index contributed by atoms with van der Waals surface area (Å²) in [5, 5.41) is 15.8. The van der Waals surface area contributed by atoms with E-state index in [0.717, 1.165) is 0 Å². The fraction of sp³-hybridized carbons (Fsp3) is 0.0667. The van der Waals surface area contributed by atoms with Crippen molar-refractivity contribution in [3.8, 4) is 5.75 Å². The number of nitrogens with one attached hydrogen (secondary N) is 1. The molecule has 2 aromatic heterocycles. The van der Waals surface area contributed by atoms with Crippen molar-refractivity contribution in [2.75, 3.05) is 11.9 Å². The molecule has 9 heteroatoms. The molecular formula is C15H11ClN4O4. The van der Waals surface area contributed by atoms with Crippen molar-refractivity contribution in [3.05, 3.63) is 53.4 Å². The number of aromatic nitrogens is 3. The smallest absolute Gasteiger partial charge is 0.341 e. The standard InChI is InChI=1S/C15H11ClN4O4/c16-9-2-3-12(24-8-13(21)22)11(6-9)19-15(23)10-7-18-20-5-1-4-17-14(10)20/h1-7H,8H2,(H,19,23)(H,21,22). The molecule has 3 aromatic rings. The van der Waals surface area contributed by atoms with Crippen LogP contribution >= 0.6 is 11.6 Å². The van der Waals surface area contributed by atoms with Crippen molar-refractivity contribution in [2.24, 2.45) is 0 Å². The second-order valence-electron chi connectivity index (χ2n) is 4.72. The average Bonchev–Trinajstić information content (AvgIpc) is 2.98. The van der Waals surface area contributed by atoms with E-state index in [1.807, 2.05) is 0 Å². The van der Waals surface area contributed by atoms with Gasteiger partial charge in [-0.3, -0.25) is 4.79 Å². The average molecular weight is 347 g/mol. The summed E-state index contributed by atoms with van der Waals surface area (Å²) in [6.45, 7) is -0.539. The minimum Gasteiger partial charge on any atom is -0.480 e. The molecule has 0 radical (unpaired) electrons. The van der Waals surface area contributed by atoms with Crippen LogP contribution in [-0.4, -0.2) is 38.2 Å². The topological polar surface area (TPSA) is 106 Å². The van der Waals surface area contributed by atoms with Crippen LogP contribution in [0.4, 0.5) is 5.69 Å². The minimum atomic E-state index is -1.13. The maximum absolute atomic E-state index is 12.5. The number of benzene rings is 1. The molecule has 0 spiro atoms. The van der Waals surface area contributed by atoms with E-state index < -0.39 is 18.5 Å². The Bertz CT molecular complexity index is 925. The molecule has 0 saturated carbocycles. The molecule has 1 amide bonds. The number of ether oxygens (including phenoxy) is 1. The van der Waals surface area contributed by atoms with Crippen molar-refractivity contribution in [2.45, 2.75) is 0 Å². The van der Waals surface area contributed by atoms with Crippen molar-refractivity contribution < 1.29 is 19.4 Å². The molecule has 122 valence electrons. The van der Waals surface area contributed by atoms with Gasteiger partial charge in [0.05, 0.1) is 11.9 Å². The highest BCUT2D eigenvalue weighted by molar-refractivity contribution is 6.31. The van der Waals surface area contributed by atoms with Gasteiger partial charge in [-0.25, -0.2) is 14.3 Å². The molecule has 0 unspecified atom stereocenters. The third-order valence-corrected chi connectivity index (χ3v) is 3.30. The summed E-state index contributed by atoms with van der Waals surface area (Å²) < 4.78 is 6.62. The number of amides is 1. The number of carbonyl (C=O) groups is 2. The predicted molar refractivity (Wildman–Crippen MR) is 85.5 cm³/mol. The van der Waals surface area contributed by atoms with E-state index in [1.54, 1.807) is 18.5 Å². The Hall–Kier alpha value is -3.13. The van der Waals surface area contributed by atoms with E-state index in [9.17, 15) is 9.59 Å². The first-order valence-electron chi connectivity index (χ1n) is 6.78. The molecule has 2 N–H and O–H groups in total. The van der Waals surface area contributed by atoms with E-state index >= 15 is 0 Å². The second-order valence-corrected chi connectivity index (χ2v) is 5.16. The first kappa shape index (κ1) is 15.8. The molecule has 2 heterocycles. The van der Waals surface area contributed by atoms with Crippen molar-refractivity contribution >= 4 is 34.8 Å². The largest absolute Gasteiger partial charge is 0.480 e. The Morgan fingerprint density at radius 1 is 1.38 bits per heavy atom. The van der Waals surface area contributed by atoms with E-state index in [2.05, 4.69) is 15.4 Å². The van der Waals surface area contributed by atoms with Crippen LogP contribution in [0.5, 0.6) is 5.75 Å². The molecule has 0 aliphatic rings. The summed E-state index contributed by atoms with van der Waals surface area (Å²) in [6, 6.07) is 6.17. The fourth-order valence-corrected chi connectivity index (χ4v) is 2.21. The quantitative estimate of drug-likeness (QED) is 0.732. The Morgan fingerprint density at radius 3 is 3.00 bits per heavy atom. The van der Waals surface area contributed by atoms with Crippen molar-refractivity contribution in [1.82, 2.24) is 14.6 Å². The van der Waals surface area contributed by atoms with Gasteiger partial charge in [0.15, 0.2) is 12.3 Å². The van der Waals surface area contributed by atoms with Crippen LogP contribution in [0.1, 0.15) is 10.4 Å². The molecule has 0 aliphatic heterocycles. The zero-order valence-electron chi connectivity index (χ0n) is 12.1. The number of carboxylic acid groups (broad SMARTS) is 1. The summed E-state index contributed by atoms with van der Waals surface area (Å²) >= 11 is 5.93. The third-order valence-electron chi connectivity index (χ3n) is 3.06. The molecule has 0 saturated heterocycles. The molecular weight excluding hydrogens is 336 g/mol. The molecule has 0 atom stereocenters. The summed E-state index contributed by atoms with van der Waals surface area (Å²) in [6.07, 6.45) is 4.61. The number of halogens is 1. The SMILES string of the molecule is O=C(O)COc1ccc(Cl)cc1NC(=O)c1cnn2cccnc12. The van der Waals surface area contributed by atoms with Crippen LogP contribution in [0.15, 0.2) is 42.9 Å². The van der Waals surface area contributed by atoms with Crippen LogP contribution in [0, 0.1) is 0 Å². The zero-order chi connectivity index (χ0) is 17.1. The van der Waals surface area contributed by atoms with Gasteiger partial charge in [0, 0.05) is 17.4 Å². The third kappa shape index (κ3) is 3.28. The van der Waals surface area contributed by atoms with Gasteiger partial charge in [0.25, 0.3) is 5.91 Å². The van der Waals surface area contributed by atoms with Crippen molar-refractivity contribution in [1.29, 1.82) is 0 Å². The second kappa shape index (κ2) is 6.55. The Balaban J connectivity index is 1.88. The number of rotatable bonds is 5. The van der Waals surface area contributed by atoms with Crippen LogP contribution < -0.4 is 10.1 Å². The Kier molecular flexibility index (Phi) is 4.30. The van der Waals surface area contributed by atoms with Gasteiger partial charge >= 0.3 is 5.97 Å². The van der Waals surface area contributed by atoms with Crippen LogP contribution in [0.2, 0.25) is 5.02 Å². The lowest BCUT2D eigenvalue weighted by atomic mass is 10.2. The lowest BCUT2D eigenvalue weighted by molar-refractivity contribution is -0.139. The van der Waals surface area contributed by atoms with Crippen LogP contribution in [0.3, 0.4) is 0 Å². The van der Waals surface area contributed by atoms with Gasteiger partial charge in [-0.15, -0.1) is 0 Å². The number of nitrogens with zero attached hydrogens (tertiary/aromatic N) is 3. The van der Waals surface area contributed by atoms with Gasteiger partial charge in [-0.2, -0.15) is 5.10 Å². The number of carbonyl (C=O) groups excluding carboxylic acids is 1. The lowest BCUT2D eigenvalue weighted by Crippen LogP contribution is -2.15. The first-order valence-corrected chi connectivity index (χ1v) is 7.16. The minimum absolute atomic E-state index is 0.194. The monoisotopic (exact) mass is 346 g/mol. The number of fused-ring (bicyclic) bond motifs is 1. The number of hydrogen-bond donors (Lipinski definition) is 2. The van der Waals surface area contributed by atoms with E-state index in [4.69, 9.17) is 21.4 Å². The highest BCUT2D eigenvalue weighted by Gasteiger charge is 2.16. The predicted octanol–water partition coefficient (Wildman–Crippen LogP) is 2.10. The van der Waals surface area contributed by atoms with E-state index in [1.165, 1.54) is 28.9 Å². The van der Waals surface area contributed by atoms with Gasteiger partial charge in [-0.05, 0) is 24.3 Å². The summed E-state index contributed by atoms with van der Waals surface area (Å²) in [5.41, 5.74) is 0.911. The van der Waals surface area contributed by atoms with E-state index in [0.29, 0.717) is 10.7 Å². The molecule has 0 bridgehead atoms. The number of carboxylic acids is 1. The van der Waals surface area contributed by atoms with Gasteiger partial charge in [-0.1, -0.05) is 11.6 Å². The normalized spacial score (nSPS) is 10.5. The van der Waals surface area contributed by atoms with Gasteiger partial charge in [0.1, 0.15) is 11.3 Å². The Labute approximate surface area is 140 Å². The molecule has 0 aliphatic carbocycles. The first-order chi connectivity index (χ1) is 11.5. The summed E-state index contributed by atoms with van der Waals surface area (Å²) in [5.74, 6) is -1.40. The molecule has 3 rings (SSSR count). The maximum atomic E-state index is 12.5. The van der Waals surface area contributed by atoms with Crippen LogP contribution in [0.25, 0.3) is 5.65 Å². The highest BCUT2D eigenvalue weighted by Crippen LogP contribution is 2.28. The fourth-order valence-electron chi connectivity index (χ4n) is 2.04. The molecule has 8 nitrogen and oxygen atoms in total. The van der Waals surface area contributed by atoms with Gasteiger partial charge < -0.3 is 15.2 Å². The summed E-state index contributed by atoms with van der Waals surface area (Å²) in [4.78, 5) is 27.2. The van der Waals surface area contributed by atoms with Crippen LogP contribution in [-0.2, 0) is 4.79 Å². The highest BCUT2D eigenvalue weighted by atomic mass is 35.5. The maximum Gasteiger partial charge on any atom is 0.341 e. The number of anilines is 1. The zero-order valence-corrected chi connectivity index (χ0v) is 12.9. The van der Waals surface area contributed by atoms with Crippen molar-refractivity contribution in [3.63, 3.8) is 0 Å². The number of aliphatic carboxylic acids is 1. The summed E-state index contributed by atoms with van der Waals surface area (Å²) in [7, 11) is 0. The molecule has 0 fully saturated rings. The van der Waals surface area contributed by atoms with Gasteiger partial charge in [0.2, 0.25) is 0 Å². The molecule has 24 heavy (non-hydrogen) atoms. The Morgan fingerprint density at radius 2 is 2.21 bits per heavy atom.